The molecule has 1 unspecified atom stereocenters. The second-order valence-corrected chi connectivity index (χ2v) is 8.92. The van der Waals surface area contributed by atoms with Gasteiger partial charge >= 0.3 is 0 Å². The molecule has 0 saturated carbocycles. The normalized spacial score (nSPS) is 23.5. The van der Waals surface area contributed by atoms with E-state index >= 15 is 0 Å². The van der Waals surface area contributed by atoms with Crippen LogP contribution in [0.3, 0.4) is 0 Å². The number of aryl methyl sites for hydroxylation is 1. The molecule has 1 atom stereocenters. The highest BCUT2D eigenvalue weighted by atomic mass is 32.2. The van der Waals surface area contributed by atoms with Gasteiger partial charge in [0.1, 0.15) is 5.69 Å². The van der Waals surface area contributed by atoms with Crippen LogP contribution in [0.1, 0.15) is 36.2 Å². The molecule has 3 rings (SSSR count). The fourth-order valence-electron chi connectivity index (χ4n) is 4.71. The minimum Gasteiger partial charge on any atom is -0.396 e. The number of rotatable bonds is 6. The first-order valence-electron chi connectivity index (χ1n) is 9.82. The molecule has 2 aliphatic heterocycles. The highest BCUT2D eigenvalue weighted by Gasteiger charge is 2.45. The van der Waals surface area contributed by atoms with Crippen molar-refractivity contribution in [1.29, 1.82) is 0 Å². The third-order valence-electron chi connectivity index (χ3n) is 6.53. The van der Waals surface area contributed by atoms with Gasteiger partial charge in [0.15, 0.2) is 0 Å². The molecular weight excluding hydrogens is 346 g/mol. The molecule has 0 aliphatic carbocycles. The Bertz CT molecular complexity index is 596. The van der Waals surface area contributed by atoms with Gasteiger partial charge in [-0.2, -0.15) is 11.8 Å². The van der Waals surface area contributed by atoms with Crippen molar-refractivity contribution in [2.75, 3.05) is 51.3 Å². The molecule has 1 spiro atoms. The fraction of sp³-hybridized carbons (Fsp3) is 0.750. The van der Waals surface area contributed by atoms with Crippen LogP contribution in [0, 0.1) is 11.3 Å². The topological polar surface area (TPSA) is 48.7 Å². The van der Waals surface area contributed by atoms with Gasteiger partial charge in [-0.05, 0) is 74.9 Å². The first-order valence-corrected chi connectivity index (χ1v) is 11.2. The van der Waals surface area contributed by atoms with E-state index in [4.69, 9.17) is 0 Å². The van der Waals surface area contributed by atoms with Gasteiger partial charge in [-0.15, -0.1) is 0 Å². The van der Waals surface area contributed by atoms with Crippen LogP contribution in [0.15, 0.2) is 18.3 Å². The van der Waals surface area contributed by atoms with Crippen molar-refractivity contribution in [1.82, 2.24) is 14.4 Å². The molecule has 1 amide bonds. The Balaban J connectivity index is 1.59. The van der Waals surface area contributed by atoms with Crippen LogP contribution in [-0.2, 0) is 7.05 Å². The van der Waals surface area contributed by atoms with Crippen molar-refractivity contribution >= 4 is 17.7 Å². The van der Waals surface area contributed by atoms with Gasteiger partial charge < -0.3 is 19.5 Å². The molecule has 1 aromatic rings. The summed E-state index contributed by atoms with van der Waals surface area (Å²) < 4.78 is 1.88. The Morgan fingerprint density at radius 2 is 2.04 bits per heavy atom. The number of carbonyl (C=O) groups is 1. The summed E-state index contributed by atoms with van der Waals surface area (Å²) in [5.41, 5.74) is 0.955. The van der Waals surface area contributed by atoms with E-state index in [1.807, 2.05) is 46.6 Å². The molecule has 2 fully saturated rings. The van der Waals surface area contributed by atoms with E-state index in [0.717, 1.165) is 44.6 Å². The molecule has 0 radical (unpaired) electrons. The number of piperidine rings is 2. The van der Waals surface area contributed by atoms with E-state index in [-0.39, 0.29) is 23.8 Å². The number of aromatic nitrogens is 1. The summed E-state index contributed by atoms with van der Waals surface area (Å²) in [5, 5.41) is 10.1. The Labute approximate surface area is 161 Å². The van der Waals surface area contributed by atoms with Crippen LogP contribution >= 0.6 is 11.8 Å². The van der Waals surface area contributed by atoms with Crippen molar-refractivity contribution in [2.45, 2.75) is 25.7 Å². The summed E-state index contributed by atoms with van der Waals surface area (Å²) in [7, 11) is 1.91. The van der Waals surface area contributed by atoms with Crippen LogP contribution < -0.4 is 0 Å². The molecule has 26 heavy (non-hydrogen) atoms. The highest BCUT2D eigenvalue weighted by molar-refractivity contribution is 7.98. The lowest BCUT2D eigenvalue weighted by atomic mass is 9.64. The van der Waals surface area contributed by atoms with E-state index in [2.05, 4.69) is 11.2 Å². The van der Waals surface area contributed by atoms with E-state index < -0.39 is 0 Å². The Hall–Kier alpha value is -0.980. The van der Waals surface area contributed by atoms with Gasteiger partial charge in [0, 0.05) is 38.9 Å². The molecule has 1 N–H and O–H groups in total. The summed E-state index contributed by atoms with van der Waals surface area (Å²) in [6, 6.07) is 3.79. The van der Waals surface area contributed by atoms with Gasteiger partial charge in [0.25, 0.3) is 5.91 Å². The quantitative estimate of drug-likeness (QED) is 0.771. The van der Waals surface area contributed by atoms with Crippen molar-refractivity contribution in [3.8, 4) is 0 Å². The van der Waals surface area contributed by atoms with Crippen LogP contribution in [0.2, 0.25) is 0 Å². The second kappa shape index (κ2) is 8.81. The van der Waals surface area contributed by atoms with Crippen LogP contribution in [0.25, 0.3) is 0 Å². The third-order valence-corrected chi connectivity index (χ3v) is 7.23. The fourth-order valence-corrected chi connectivity index (χ4v) is 5.12. The van der Waals surface area contributed by atoms with Crippen LogP contribution in [0.4, 0.5) is 0 Å². The van der Waals surface area contributed by atoms with Gasteiger partial charge in [-0.25, -0.2) is 0 Å². The van der Waals surface area contributed by atoms with Crippen molar-refractivity contribution in [2.24, 2.45) is 18.4 Å². The first kappa shape index (κ1) is 19.8. The minimum atomic E-state index is 0.0975. The largest absolute Gasteiger partial charge is 0.396 e. The summed E-state index contributed by atoms with van der Waals surface area (Å²) >= 11 is 1.92. The Kier molecular flexibility index (Phi) is 6.70. The Morgan fingerprint density at radius 1 is 1.31 bits per heavy atom. The summed E-state index contributed by atoms with van der Waals surface area (Å²) in [5.74, 6) is 1.53. The number of aliphatic hydroxyl groups excluding tert-OH is 1. The van der Waals surface area contributed by atoms with Crippen LogP contribution in [0.5, 0.6) is 0 Å². The number of likely N-dealkylation sites (tertiary alicyclic amines) is 2. The molecule has 0 bridgehead atoms. The molecule has 6 heteroatoms. The number of hydrogen-bond acceptors (Lipinski definition) is 4. The minimum absolute atomic E-state index is 0.0975. The molecular formula is C20H33N3O2S. The molecule has 2 saturated heterocycles. The highest BCUT2D eigenvalue weighted by Crippen LogP contribution is 2.45. The molecule has 5 nitrogen and oxygen atoms in total. The van der Waals surface area contributed by atoms with Gasteiger partial charge in [-0.1, -0.05) is 0 Å². The lowest BCUT2D eigenvalue weighted by Gasteiger charge is -2.51. The van der Waals surface area contributed by atoms with E-state index in [1.165, 1.54) is 18.7 Å². The second-order valence-electron chi connectivity index (χ2n) is 7.94. The lowest BCUT2D eigenvalue weighted by Crippen LogP contribution is -2.54. The van der Waals surface area contributed by atoms with Crippen molar-refractivity contribution in [3.05, 3.63) is 24.0 Å². The molecule has 0 aromatic carbocycles. The zero-order valence-electron chi connectivity index (χ0n) is 16.2. The van der Waals surface area contributed by atoms with Crippen molar-refractivity contribution < 1.29 is 9.90 Å². The smallest absolute Gasteiger partial charge is 0.270 e. The zero-order chi connectivity index (χ0) is 18.6. The van der Waals surface area contributed by atoms with E-state index in [9.17, 15) is 9.90 Å². The lowest BCUT2D eigenvalue weighted by molar-refractivity contribution is -0.0352. The number of carbonyl (C=O) groups excluding carboxylic acids is 1. The number of nitrogens with zero attached hydrogens (tertiary/aromatic N) is 3. The number of aliphatic hydroxyl groups is 1. The number of amides is 1. The average Bonchev–Trinajstić information content (AvgIpc) is 3.09. The first-order chi connectivity index (χ1) is 12.6. The number of thioether (sulfide) groups is 1. The molecule has 3 heterocycles. The monoisotopic (exact) mass is 379 g/mol. The zero-order valence-corrected chi connectivity index (χ0v) is 17.0. The van der Waals surface area contributed by atoms with E-state index in [1.54, 1.807) is 0 Å². The third kappa shape index (κ3) is 4.12. The molecule has 1 aromatic heterocycles. The van der Waals surface area contributed by atoms with Gasteiger partial charge in [0.05, 0.1) is 0 Å². The molecule has 2 aliphatic rings. The predicted octanol–water partition coefficient (Wildman–Crippen LogP) is 2.31. The van der Waals surface area contributed by atoms with E-state index in [0.29, 0.717) is 6.54 Å². The van der Waals surface area contributed by atoms with Gasteiger partial charge in [-0.3, -0.25) is 4.79 Å². The van der Waals surface area contributed by atoms with Gasteiger partial charge in [0.2, 0.25) is 0 Å². The van der Waals surface area contributed by atoms with Crippen LogP contribution in [-0.4, -0.2) is 76.7 Å². The maximum atomic E-state index is 12.8. The average molecular weight is 380 g/mol. The Morgan fingerprint density at radius 3 is 2.65 bits per heavy atom. The maximum absolute atomic E-state index is 12.8. The summed E-state index contributed by atoms with van der Waals surface area (Å²) in [4.78, 5) is 17.4. The summed E-state index contributed by atoms with van der Waals surface area (Å²) in [6.07, 6.45) is 8.67. The predicted molar refractivity (Wildman–Crippen MR) is 108 cm³/mol. The standard InChI is InChI=1S/C20H33N3O2S/c1-21-9-3-5-18(21)19(25)23-13-8-20(17(15-23)16-24)6-11-22(12-7-20)10-4-14-26-2/h3,5,9,17,24H,4,6-8,10-16H2,1-2H3. The number of hydrogen-bond donors (Lipinski definition) is 1. The van der Waals surface area contributed by atoms with Crippen molar-refractivity contribution in [3.63, 3.8) is 0 Å². The maximum Gasteiger partial charge on any atom is 0.270 e. The molecule has 146 valence electrons. The SMILES string of the molecule is CSCCCN1CCC2(CC1)CCN(C(=O)c1cccn1C)CC2CO. The summed E-state index contributed by atoms with van der Waals surface area (Å²) in [6.45, 7) is 5.15.